The lowest BCUT2D eigenvalue weighted by atomic mass is 9.83. The molecule has 0 heterocycles. The topological polar surface area (TPSA) is 63.2 Å². The number of anilines is 1. The highest BCUT2D eigenvalue weighted by Gasteiger charge is 2.33. The third-order valence-corrected chi connectivity index (χ3v) is 4.21. The van der Waals surface area contributed by atoms with Crippen molar-refractivity contribution in [3.05, 3.63) is 63.1 Å². The van der Waals surface area contributed by atoms with Crippen molar-refractivity contribution in [1.29, 1.82) is 0 Å². The van der Waals surface area contributed by atoms with E-state index < -0.39 is 0 Å². The molecule has 1 N–H and O–H groups in total. The van der Waals surface area contributed by atoms with E-state index in [9.17, 15) is 14.4 Å². The lowest BCUT2D eigenvalue weighted by molar-refractivity contribution is -0.115. The molecule has 0 unspecified atom stereocenters. The summed E-state index contributed by atoms with van der Waals surface area (Å²) in [5.74, 6) is -0.451. The predicted molar refractivity (Wildman–Crippen MR) is 86.6 cm³/mol. The van der Waals surface area contributed by atoms with Crippen molar-refractivity contribution in [2.24, 2.45) is 0 Å². The number of Topliss-reactive ketones (excluding diaryl/α,β-unsaturated/α-hetero) is 1. The summed E-state index contributed by atoms with van der Waals surface area (Å²) in [6.45, 7) is 1.57. The number of halogens is 1. The van der Waals surface area contributed by atoms with Gasteiger partial charge in [-0.2, -0.15) is 0 Å². The summed E-state index contributed by atoms with van der Waals surface area (Å²) in [5, 5.41) is 2.94. The first kappa shape index (κ1) is 14.7. The number of rotatable bonds is 3. The van der Waals surface area contributed by atoms with Crippen LogP contribution in [-0.4, -0.2) is 23.9 Å². The van der Waals surface area contributed by atoms with Crippen LogP contribution in [0.2, 0.25) is 0 Å². The highest BCUT2D eigenvalue weighted by Crippen LogP contribution is 2.36. The van der Waals surface area contributed by atoms with E-state index in [1.54, 1.807) is 36.4 Å². The van der Waals surface area contributed by atoms with Gasteiger partial charge in [0.15, 0.2) is 11.6 Å². The highest BCUT2D eigenvalue weighted by atomic mass is 79.9. The standard InChI is InChI=1S/C17H12BrNO3/c1-9(20)8-19-13-7-6-12(18)14-15(13)17(22)11-5-3-2-4-10(11)16(14)21/h2-7,19H,8H2,1H3. The van der Waals surface area contributed by atoms with Gasteiger partial charge in [-0.15, -0.1) is 0 Å². The Morgan fingerprint density at radius 3 is 2.18 bits per heavy atom. The van der Waals surface area contributed by atoms with Crippen LogP contribution in [0.15, 0.2) is 40.9 Å². The molecule has 0 radical (unpaired) electrons. The predicted octanol–water partition coefficient (Wildman–Crippen LogP) is 3.23. The van der Waals surface area contributed by atoms with Crippen molar-refractivity contribution >= 4 is 39.0 Å². The third kappa shape index (κ3) is 2.27. The van der Waals surface area contributed by atoms with Crippen LogP contribution in [0.25, 0.3) is 0 Å². The second kappa shape index (κ2) is 5.50. The van der Waals surface area contributed by atoms with Gasteiger partial charge in [0.1, 0.15) is 5.78 Å². The first-order valence-electron chi connectivity index (χ1n) is 6.75. The smallest absolute Gasteiger partial charge is 0.196 e. The summed E-state index contributed by atoms with van der Waals surface area (Å²) < 4.78 is 0.573. The number of ketones is 3. The summed E-state index contributed by atoms with van der Waals surface area (Å²) in [7, 11) is 0. The molecule has 2 aromatic rings. The first-order chi connectivity index (χ1) is 10.5. The molecule has 0 amide bonds. The monoisotopic (exact) mass is 357 g/mol. The van der Waals surface area contributed by atoms with Gasteiger partial charge in [-0.1, -0.05) is 40.2 Å². The van der Waals surface area contributed by atoms with Crippen molar-refractivity contribution in [1.82, 2.24) is 0 Å². The van der Waals surface area contributed by atoms with E-state index in [0.29, 0.717) is 32.4 Å². The molecule has 0 saturated carbocycles. The Morgan fingerprint density at radius 1 is 1.00 bits per heavy atom. The van der Waals surface area contributed by atoms with E-state index in [-0.39, 0.29) is 23.9 Å². The molecule has 2 aromatic carbocycles. The summed E-state index contributed by atoms with van der Waals surface area (Å²) in [6, 6.07) is 10.2. The Bertz CT molecular complexity index is 827. The molecule has 3 rings (SSSR count). The molecule has 5 heteroatoms. The quantitative estimate of drug-likeness (QED) is 0.781. The number of carbonyl (C=O) groups is 3. The summed E-state index contributed by atoms with van der Waals surface area (Å²) in [5.41, 5.74) is 1.96. The molecule has 1 aliphatic carbocycles. The lowest BCUT2D eigenvalue weighted by Crippen LogP contribution is -2.24. The Morgan fingerprint density at radius 2 is 1.59 bits per heavy atom. The molecule has 0 fully saturated rings. The zero-order valence-corrected chi connectivity index (χ0v) is 13.4. The van der Waals surface area contributed by atoms with Crippen molar-refractivity contribution in [3.8, 4) is 0 Å². The highest BCUT2D eigenvalue weighted by molar-refractivity contribution is 9.10. The van der Waals surface area contributed by atoms with Crippen molar-refractivity contribution in [3.63, 3.8) is 0 Å². The first-order valence-corrected chi connectivity index (χ1v) is 7.54. The molecule has 110 valence electrons. The normalized spacial score (nSPS) is 12.6. The van der Waals surface area contributed by atoms with E-state index in [0.717, 1.165) is 0 Å². The van der Waals surface area contributed by atoms with Gasteiger partial charge in [-0.05, 0) is 19.1 Å². The molecule has 0 atom stereocenters. The average molecular weight is 358 g/mol. The van der Waals surface area contributed by atoms with Gasteiger partial charge in [0.25, 0.3) is 0 Å². The minimum atomic E-state index is -0.211. The molecule has 0 bridgehead atoms. The molecular formula is C17H12BrNO3. The minimum absolute atomic E-state index is 0.0494. The molecule has 0 aromatic heterocycles. The molecule has 4 nitrogen and oxygen atoms in total. The largest absolute Gasteiger partial charge is 0.377 e. The van der Waals surface area contributed by atoms with Crippen LogP contribution in [0.3, 0.4) is 0 Å². The fourth-order valence-corrected chi connectivity index (χ4v) is 3.06. The lowest BCUT2D eigenvalue weighted by Gasteiger charge is -2.21. The summed E-state index contributed by atoms with van der Waals surface area (Å²) in [4.78, 5) is 36.6. The minimum Gasteiger partial charge on any atom is -0.377 e. The van der Waals surface area contributed by atoms with Crippen molar-refractivity contribution in [2.45, 2.75) is 6.92 Å². The van der Waals surface area contributed by atoms with Gasteiger partial charge < -0.3 is 5.32 Å². The second-order valence-electron chi connectivity index (χ2n) is 5.10. The maximum atomic E-state index is 12.8. The van der Waals surface area contributed by atoms with E-state index >= 15 is 0 Å². The van der Waals surface area contributed by atoms with Crippen LogP contribution in [-0.2, 0) is 4.79 Å². The fraction of sp³-hybridized carbons (Fsp3) is 0.118. The van der Waals surface area contributed by atoms with Crippen LogP contribution in [0.1, 0.15) is 38.8 Å². The van der Waals surface area contributed by atoms with Gasteiger partial charge in [-0.25, -0.2) is 0 Å². The number of hydrogen-bond donors (Lipinski definition) is 1. The molecule has 0 saturated heterocycles. The third-order valence-electron chi connectivity index (χ3n) is 3.55. The zero-order chi connectivity index (χ0) is 15.9. The van der Waals surface area contributed by atoms with Gasteiger partial charge >= 0.3 is 0 Å². The molecule has 1 aliphatic rings. The van der Waals surface area contributed by atoms with Crippen LogP contribution in [0, 0.1) is 0 Å². The zero-order valence-electron chi connectivity index (χ0n) is 11.8. The summed E-state index contributed by atoms with van der Waals surface area (Å²) in [6.07, 6.45) is 0. The number of carbonyl (C=O) groups excluding carboxylic acids is 3. The van der Waals surface area contributed by atoms with Crippen molar-refractivity contribution < 1.29 is 14.4 Å². The fourth-order valence-electron chi connectivity index (χ4n) is 2.55. The van der Waals surface area contributed by atoms with E-state index in [4.69, 9.17) is 0 Å². The van der Waals surface area contributed by atoms with Crippen LogP contribution < -0.4 is 5.32 Å². The van der Waals surface area contributed by atoms with Crippen LogP contribution >= 0.6 is 15.9 Å². The average Bonchev–Trinajstić information content (AvgIpc) is 2.51. The maximum Gasteiger partial charge on any atom is 0.196 e. The number of nitrogens with one attached hydrogen (secondary N) is 1. The van der Waals surface area contributed by atoms with Crippen molar-refractivity contribution in [2.75, 3.05) is 11.9 Å². The van der Waals surface area contributed by atoms with Gasteiger partial charge in [-0.3, -0.25) is 14.4 Å². The van der Waals surface area contributed by atoms with E-state index in [1.165, 1.54) is 6.92 Å². The van der Waals surface area contributed by atoms with E-state index in [1.807, 2.05) is 0 Å². The number of hydrogen-bond acceptors (Lipinski definition) is 4. The number of fused-ring (bicyclic) bond motifs is 2. The summed E-state index contributed by atoms with van der Waals surface area (Å²) >= 11 is 3.35. The van der Waals surface area contributed by atoms with Gasteiger partial charge in [0, 0.05) is 26.9 Å². The Balaban J connectivity index is 2.20. The molecule has 22 heavy (non-hydrogen) atoms. The molecular weight excluding hydrogens is 346 g/mol. The van der Waals surface area contributed by atoms with Crippen LogP contribution in [0.4, 0.5) is 5.69 Å². The van der Waals surface area contributed by atoms with Gasteiger partial charge in [0.05, 0.1) is 12.1 Å². The Kier molecular flexibility index (Phi) is 3.66. The van der Waals surface area contributed by atoms with E-state index in [2.05, 4.69) is 21.2 Å². The van der Waals surface area contributed by atoms with Gasteiger partial charge in [0.2, 0.25) is 0 Å². The maximum absolute atomic E-state index is 12.8. The molecule has 0 aliphatic heterocycles. The number of benzene rings is 2. The Labute approximate surface area is 135 Å². The van der Waals surface area contributed by atoms with Crippen LogP contribution in [0.5, 0.6) is 0 Å². The SMILES string of the molecule is CC(=O)CNc1ccc(Br)c2c1C(=O)c1ccccc1C2=O. The Hall–Kier alpha value is -2.27. The molecule has 0 spiro atoms. The second-order valence-corrected chi connectivity index (χ2v) is 5.96.